The molecule has 0 heterocycles. The maximum absolute atomic E-state index is 12.0. The van der Waals surface area contributed by atoms with Gasteiger partial charge in [0.25, 0.3) is 0 Å². The van der Waals surface area contributed by atoms with E-state index in [0.29, 0.717) is 11.0 Å². The van der Waals surface area contributed by atoms with Crippen LogP contribution in [-0.4, -0.2) is 24.0 Å². The van der Waals surface area contributed by atoms with Crippen molar-refractivity contribution in [1.82, 2.24) is 0 Å². The first kappa shape index (κ1) is 14.3. The van der Waals surface area contributed by atoms with E-state index in [9.17, 15) is 13.2 Å². The monoisotopic (exact) mass is 313 g/mol. The molecule has 1 unspecified atom stereocenters. The van der Waals surface area contributed by atoms with Gasteiger partial charge in [-0.05, 0) is 33.6 Å². The summed E-state index contributed by atoms with van der Waals surface area (Å²) >= 11 is 3.15. The Balaban J connectivity index is 2.64. The lowest BCUT2D eigenvalue weighted by molar-refractivity contribution is -0.210. The van der Waals surface area contributed by atoms with Crippen LogP contribution in [0.1, 0.15) is 5.56 Å². The predicted octanol–water partition coefficient (Wildman–Crippen LogP) is 2.21. The number of hydrogen-bond acceptors (Lipinski definition) is 3. The van der Waals surface area contributed by atoms with E-state index in [1.807, 2.05) is 0 Å². The van der Waals surface area contributed by atoms with E-state index in [2.05, 4.69) is 15.9 Å². The highest BCUT2D eigenvalue weighted by molar-refractivity contribution is 9.10. The Labute approximate surface area is 105 Å². The number of aliphatic hydroxyl groups is 1. The van der Waals surface area contributed by atoms with Gasteiger partial charge < -0.3 is 15.6 Å². The summed E-state index contributed by atoms with van der Waals surface area (Å²) in [6, 6.07) is 4.78. The molecule has 0 saturated heterocycles. The van der Waals surface area contributed by atoms with Gasteiger partial charge in [-0.1, -0.05) is 6.07 Å². The van der Waals surface area contributed by atoms with Gasteiger partial charge in [0.1, 0.15) is 12.4 Å². The summed E-state index contributed by atoms with van der Waals surface area (Å²) in [6.07, 6.45) is -7.17. The second kappa shape index (κ2) is 5.70. The van der Waals surface area contributed by atoms with Crippen molar-refractivity contribution < 1.29 is 23.0 Å². The molecule has 0 aromatic heterocycles. The molecule has 0 aliphatic rings. The minimum atomic E-state index is -4.68. The highest BCUT2D eigenvalue weighted by Crippen LogP contribution is 2.27. The van der Waals surface area contributed by atoms with E-state index in [0.717, 1.165) is 5.56 Å². The lowest BCUT2D eigenvalue weighted by atomic mass is 10.2. The van der Waals surface area contributed by atoms with Crippen molar-refractivity contribution in [1.29, 1.82) is 0 Å². The van der Waals surface area contributed by atoms with Crippen LogP contribution in [0.15, 0.2) is 22.7 Å². The smallest absolute Gasteiger partial charge is 0.417 e. The van der Waals surface area contributed by atoms with Crippen LogP contribution in [0.25, 0.3) is 0 Å². The fourth-order valence-corrected chi connectivity index (χ4v) is 1.59. The number of nitrogens with two attached hydrogens (primary N) is 1. The number of benzene rings is 1. The number of alkyl halides is 3. The Morgan fingerprint density at radius 1 is 1.41 bits per heavy atom. The normalized spacial score (nSPS) is 13.5. The van der Waals surface area contributed by atoms with E-state index < -0.39 is 18.9 Å². The van der Waals surface area contributed by atoms with Crippen molar-refractivity contribution in [3.63, 3.8) is 0 Å². The molecule has 1 aromatic rings. The summed E-state index contributed by atoms with van der Waals surface area (Å²) in [7, 11) is 0. The van der Waals surface area contributed by atoms with Crippen molar-refractivity contribution in [2.45, 2.75) is 18.8 Å². The summed E-state index contributed by atoms with van der Waals surface area (Å²) in [5, 5.41) is 8.75. The zero-order valence-corrected chi connectivity index (χ0v) is 10.3. The number of halogens is 4. The van der Waals surface area contributed by atoms with Gasteiger partial charge in [0.15, 0.2) is 6.10 Å². The SMILES string of the molecule is NCc1ccc(OCC(O)C(F)(F)F)c(Br)c1. The predicted molar refractivity (Wildman–Crippen MR) is 59.6 cm³/mol. The van der Waals surface area contributed by atoms with Crippen molar-refractivity contribution in [2.75, 3.05) is 6.61 Å². The number of ether oxygens (including phenoxy) is 1. The molecule has 1 atom stereocenters. The van der Waals surface area contributed by atoms with Crippen LogP contribution < -0.4 is 10.5 Å². The first-order valence-electron chi connectivity index (χ1n) is 4.70. The molecule has 7 heteroatoms. The molecule has 17 heavy (non-hydrogen) atoms. The Bertz CT molecular complexity index is 384. The van der Waals surface area contributed by atoms with Crippen LogP contribution >= 0.6 is 15.9 Å². The number of aliphatic hydroxyl groups excluding tert-OH is 1. The molecule has 3 N–H and O–H groups in total. The Kier molecular flexibility index (Phi) is 4.79. The van der Waals surface area contributed by atoms with Crippen LogP contribution in [0.4, 0.5) is 13.2 Å². The molecule has 0 spiro atoms. The molecular formula is C10H11BrF3NO2. The van der Waals surface area contributed by atoms with Gasteiger partial charge in [-0.2, -0.15) is 13.2 Å². The molecule has 0 saturated carbocycles. The summed E-state index contributed by atoms with van der Waals surface area (Å²) < 4.78 is 41.4. The largest absolute Gasteiger partial charge is 0.489 e. The molecule has 0 fully saturated rings. The quantitative estimate of drug-likeness (QED) is 0.896. The second-order valence-corrected chi connectivity index (χ2v) is 4.19. The van der Waals surface area contributed by atoms with Crippen molar-refractivity contribution in [2.24, 2.45) is 5.73 Å². The lowest BCUT2D eigenvalue weighted by Gasteiger charge is -2.16. The maximum atomic E-state index is 12.0. The molecule has 96 valence electrons. The van der Waals surface area contributed by atoms with Gasteiger partial charge in [0.2, 0.25) is 0 Å². The standard InChI is InChI=1S/C10H11BrF3NO2/c11-7-3-6(4-15)1-2-8(7)17-5-9(16)10(12,13)14/h1-3,9,16H,4-5,15H2. The van der Waals surface area contributed by atoms with Crippen LogP contribution in [-0.2, 0) is 6.54 Å². The average molecular weight is 314 g/mol. The van der Waals surface area contributed by atoms with Gasteiger partial charge in [-0.25, -0.2) is 0 Å². The molecule has 0 radical (unpaired) electrons. The molecule has 0 bridgehead atoms. The van der Waals surface area contributed by atoms with Crippen LogP contribution in [0.2, 0.25) is 0 Å². The minimum Gasteiger partial charge on any atom is -0.489 e. The van der Waals surface area contributed by atoms with Crippen LogP contribution in [0.5, 0.6) is 5.75 Å². The summed E-state index contributed by atoms with van der Waals surface area (Å²) in [5.41, 5.74) is 6.22. The molecule has 0 aliphatic carbocycles. The van der Waals surface area contributed by atoms with Crippen LogP contribution in [0, 0.1) is 0 Å². The Hall–Kier alpha value is -0.790. The number of hydrogen-bond donors (Lipinski definition) is 2. The molecule has 3 nitrogen and oxygen atoms in total. The minimum absolute atomic E-state index is 0.227. The van der Waals surface area contributed by atoms with E-state index in [4.69, 9.17) is 15.6 Å². The zero-order chi connectivity index (χ0) is 13.1. The van der Waals surface area contributed by atoms with E-state index >= 15 is 0 Å². The summed E-state index contributed by atoms with van der Waals surface area (Å²) in [6.45, 7) is -0.520. The van der Waals surface area contributed by atoms with E-state index in [1.54, 1.807) is 12.1 Å². The molecule has 1 aromatic carbocycles. The second-order valence-electron chi connectivity index (χ2n) is 3.34. The first-order valence-corrected chi connectivity index (χ1v) is 5.50. The zero-order valence-electron chi connectivity index (χ0n) is 8.67. The lowest BCUT2D eigenvalue weighted by Crippen LogP contribution is -2.34. The van der Waals surface area contributed by atoms with Crippen LogP contribution in [0.3, 0.4) is 0 Å². The first-order chi connectivity index (χ1) is 7.84. The summed E-state index contributed by atoms with van der Waals surface area (Å²) in [4.78, 5) is 0. The third-order valence-corrected chi connectivity index (χ3v) is 2.63. The number of rotatable bonds is 4. The Morgan fingerprint density at radius 3 is 2.53 bits per heavy atom. The molecular weight excluding hydrogens is 303 g/mol. The fourth-order valence-electron chi connectivity index (χ4n) is 1.05. The Morgan fingerprint density at radius 2 is 2.06 bits per heavy atom. The third-order valence-electron chi connectivity index (χ3n) is 2.01. The summed E-state index contributed by atoms with van der Waals surface area (Å²) in [5.74, 6) is 0.227. The van der Waals surface area contributed by atoms with Crippen molar-refractivity contribution >= 4 is 15.9 Å². The fraction of sp³-hybridized carbons (Fsp3) is 0.400. The average Bonchev–Trinajstić information content (AvgIpc) is 2.25. The van der Waals surface area contributed by atoms with Crippen molar-refractivity contribution in [3.8, 4) is 5.75 Å². The molecule has 1 rings (SSSR count). The van der Waals surface area contributed by atoms with Crippen molar-refractivity contribution in [3.05, 3.63) is 28.2 Å². The van der Waals surface area contributed by atoms with E-state index in [-0.39, 0.29) is 5.75 Å². The van der Waals surface area contributed by atoms with Gasteiger partial charge in [-0.15, -0.1) is 0 Å². The third kappa shape index (κ3) is 4.18. The molecule has 0 amide bonds. The highest BCUT2D eigenvalue weighted by Gasteiger charge is 2.38. The van der Waals surface area contributed by atoms with Gasteiger partial charge in [-0.3, -0.25) is 0 Å². The van der Waals surface area contributed by atoms with Gasteiger partial charge >= 0.3 is 6.18 Å². The molecule has 0 aliphatic heterocycles. The maximum Gasteiger partial charge on any atom is 0.417 e. The van der Waals surface area contributed by atoms with Gasteiger partial charge in [0.05, 0.1) is 4.47 Å². The van der Waals surface area contributed by atoms with E-state index in [1.165, 1.54) is 6.07 Å². The van der Waals surface area contributed by atoms with Gasteiger partial charge in [0, 0.05) is 6.54 Å². The topological polar surface area (TPSA) is 55.5 Å². The highest BCUT2D eigenvalue weighted by atomic mass is 79.9.